The second-order valence-electron chi connectivity index (χ2n) is 4.08. The Bertz CT molecular complexity index is 708. The van der Waals surface area contributed by atoms with Gasteiger partial charge in [0.15, 0.2) is 0 Å². The molecule has 0 aliphatic rings. The van der Waals surface area contributed by atoms with Crippen LogP contribution in [0.1, 0.15) is 5.56 Å². The first-order chi connectivity index (χ1) is 9.24. The van der Waals surface area contributed by atoms with Crippen molar-refractivity contribution in [3.63, 3.8) is 0 Å². The average Bonchev–Trinajstić information content (AvgIpc) is 2.81. The standard InChI is InChI=1S/C13H11ClN4O/c1-19-10-4-2-9(3-5-10)7-18-8-11-13(17-18)16-12(14)6-15-11/h2-6,8H,7H2,1H3. The van der Waals surface area contributed by atoms with Crippen LogP contribution in [0.25, 0.3) is 11.2 Å². The summed E-state index contributed by atoms with van der Waals surface area (Å²) in [6, 6.07) is 7.84. The Hall–Kier alpha value is -2.14. The van der Waals surface area contributed by atoms with E-state index in [4.69, 9.17) is 16.3 Å². The smallest absolute Gasteiger partial charge is 0.201 e. The number of nitrogens with zero attached hydrogens (tertiary/aromatic N) is 4. The zero-order valence-corrected chi connectivity index (χ0v) is 11.0. The fourth-order valence-electron chi connectivity index (χ4n) is 1.82. The van der Waals surface area contributed by atoms with Crippen molar-refractivity contribution < 1.29 is 4.74 Å². The maximum Gasteiger partial charge on any atom is 0.201 e. The van der Waals surface area contributed by atoms with E-state index in [2.05, 4.69) is 15.1 Å². The van der Waals surface area contributed by atoms with Gasteiger partial charge in [-0.2, -0.15) is 5.10 Å². The lowest BCUT2D eigenvalue weighted by Crippen LogP contribution is -1.99. The molecule has 0 saturated carbocycles. The van der Waals surface area contributed by atoms with Gasteiger partial charge in [0.25, 0.3) is 0 Å². The Kier molecular flexibility index (Phi) is 3.05. The fraction of sp³-hybridized carbons (Fsp3) is 0.154. The molecule has 96 valence electrons. The summed E-state index contributed by atoms with van der Waals surface area (Å²) in [6.45, 7) is 0.652. The highest BCUT2D eigenvalue weighted by molar-refractivity contribution is 6.29. The molecule has 0 fully saturated rings. The van der Waals surface area contributed by atoms with E-state index in [-0.39, 0.29) is 0 Å². The summed E-state index contributed by atoms with van der Waals surface area (Å²) < 4.78 is 6.92. The van der Waals surface area contributed by atoms with Crippen molar-refractivity contribution in [3.8, 4) is 5.75 Å². The quantitative estimate of drug-likeness (QED) is 0.736. The first kappa shape index (κ1) is 11.9. The molecule has 2 aromatic heterocycles. The molecule has 0 amide bonds. The Labute approximate surface area is 114 Å². The van der Waals surface area contributed by atoms with Crippen LogP contribution in [0.4, 0.5) is 0 Å². The zero-order valence-electron chi connectivity index (χ0n) is 10.2. The largest absolute Gasteiger partial charge is 0.497 e. The van der Waals surface area contributed by atoms with Crippen LogP contribution >= 0.6 is 11.6 Å². The van der Waals surface area contributed by atoms with Crippen molar-refractivity contribution in [1.29, 1.82) is 0 Å². The van der Waals surface area contributed by atoms with Crippen LogP contribution in [0.15, 0.2) is 36.7 Å². The second-order valence-corrected chi connectivity index (χ2v) is 4.46. The minimum atomic E-state index is 0.349. The van der Waals surface area contributed by atoms with Gasteiger partial charge in [-0.25, -0.2) is 9.97 Å². The Morgan fingerprint density at radius 3 is 2.79 bits per heavy atom. The van der Waals surface area contributed by atoms with Gasteiger partial charge >= 0.3 is 0 Å². The van der Waals surface area contributed by atoms with Gasteiger partial charge in [0.2, 0.25) is 5.65 Å². The highest BCUT2D eigenvalue weighted by Gasteiger charge is 2.04. The number of ether oxygens (including phenoxy) is 1. The number of halogens is 1. The molecular weight excluding hydrogens is 264 g/mol. The molecule has 0 N–H and O–H groups in total. The highest BCUT2D eigenvalue weighted by atomic mass is 35.5. The van der Waals surface area contributed by atoms with Crippen molar-refractivity contribution in [2.75, 3.05) is 7.11 Å². The van der Waals surface area contributed by atoms with Crippen molar-refractivity contribution >= 4 is 22.8 Å². The molecular formula is C13H11ClN4O. The highest BCUT2D eigenvalue weighted by Crippen LogP contribution is 2.14. The number of benzene rings is 1. The SMILES string of the molecule is COc1ccc(Cn2cc3ncc(Cl)nc3n2)cc1. The molecule has 2 heterocycles. The molecule has 3 rings (SSSR count). The summed E-state index contributed by atoms with van der Waals surface area (Å²) in [5.74, 6) is 0.837. The van der Waals surface area contributed by atoms with Gasteiger partial charge in [0.1, 0.15) is 16.4 Å². The third-order valence-corrected chi connectivity index (χ3v) is 2.93. The van der Waals surface area contributed by atoms with E-state index in [1.807, 2.05) is 30.5 Å². The first-order valence-electron chi connectivity index (χ1n) is 5.73. The first-order valence-corrected chi connectivity index (χ1v) is 6.11. The number of hydrogen-bond donors (Lipinski definition) is 0. The normalized spacial score (nSPS) is 10.8. The number of methoxy groups -OCH3 is 1. The lowest BCUT2D eigenvalue weighted by molar-refractivity contribution is 0.414. The summed E-state index contributed by atoms with van der Waals surface area (Å²) in [6.07, 6.45) is 3.37. The summed E-state index contributed by atoms with van der Waals surface area (Å²) in [4.78, 5) is 8.29. The summed E-state index contributed by atoms with van der Waals surface area (Å²) in [5.41, 5.74) is 2.42. The van der Waals surface area contributed by atoms with Gasteiger partial charge in [-0.05, 0) is 17.7 Å². The molecule has 0 radical (unpaired) electrons. The Morgan fingerprint density at radius 1 is 1.26 bits per heavy atom. The van der Waals surface area contributed by atoms with Gasteiger partial charge in [0, 0.05) is 0 Å². The van der Waals surface area contributed by atoms with Crippen molar-refractivity contribution in [3.05, 3.63) is 47.4 Å². The number of aromatic nitrogens is 4. The maximum absolute atomic E-state index is 5.78. The van der Waals surface area contributed by atoms with Gasteiger partial charge < -0.3 is 4.74 Å². The number of fused-ring (bicyclic) bond motifs is 1. The Morgan fingerprint density at radius 2 is 2.05 bits per heavy atom. The molecule has 0 unspecified atom stereocenters. The lowest BCUT2D eigenvalue weighted by atomic mass is 10.2. The van der Waals surface area contributed by atoms with E-state index < -0.39 is 0 Å². The van der Waals surface area contributed by atoms with E-state index >= 15 is 0 Å². The molecule has 0 spiro atoms. The van der Waals surface area contributed by atoms with Crippen LogP contribution < -0.4 is 4.74 Å². The third kappa shape index (κ3) is 2.51. The van der Waals surface area contributed by atoms with Crippen LogP contribution in [0.3, 0.4) is 0 Å². The lowest BCUT2D eigenvalue weighted by Gasteiger charge is -2.03. The van der Waals surface area contributed by atoms with Gasteiger partial charge in [-0.1, -0.05) is 23.7 Å². The molecule has 6 heteroatoms. The molecule has 0 aliphatic carbocycles. The molecule has 19 heavy (non-hydrogen) atoms. The van der Waals surface area contributed by atoms with E-state index in [0.29, 0.717) is 17.3 Å². The summed E-state index contributed by atoms with van der Waals surface area (Å²) >= 11 is 5.78. The second kappa shape index (κ2) is 4.85. The van der Waals surface area contributed by atoms with Gasteiger partial charge in [0.05, 0.1) is 26.0 Å². The van der Waals surface area contributed by atoms with Crippen molar-refractivity contribution in [1.82, 2.24) is 19.7 Å². The molecule has 3 aromatic rings. The third-order valence-electron chi connectivity index (χ3n) is 2.75. The monoisotopic (exact) mass is 274 g/mol. The van der Waals surface area contributed by atoms with Crippen LogP contribution in [-0.4, -0.2) is 26.9 Å². The average molecular weight is 275 g/mol. The molecule has 0 aliphatic heterocycles. The predicted molar refractivity (Wildman–Crippen MR) is 72.4 cm³/mol. The number of rotatable bonds is 3. The Balaban J connectivity index is 1.87. The molecule has 0 bridgehead atoms. The summed E-state index contributed by atoms with van der Waals surface area (Å²) in [5, 5.41) is 4.69. The number of hydrogen-bond acceptors (Lipinski definition) is 4. The molecule has 1 aromatic carbocycles. The van der Waals surface area contributed by atoms with Gasteiger partial charge in [-0.3, -0.25) is 4.68 Å². The van der Waals surface area contributed by atoms with Crippen LogP contribution in [-0.2, 0) is 6.54 Å². The minimum Gasteiger partial charge on any atom is -0.497 e. The summed E-state index contributed by atoms with van der Waals surface area (Å²) in [7, 11) is 1.65. The maximum atomic E-state index is 5.78. The van der Waals surface area contributed by atoms with Gasteiger partial charge in [-0.15, -0.1) is 0 Å². The predicted octanol–water partition coefficient (Wildman–Crippen LogP) is 2.54. The van der Waals surface area contributed by atoms with E-state index in [9.17, 15) is 0 Å². The van der Waals surface area contributed by atoms with E-state index in [1.165, 1.54) is 6.20 Å². The van der Waals surface area contributed by atoms with E-state index in [1.54, 1.807) is 11.8 Å². The van der Waals surface area contributed by atoms with Crippen LogP contribution in [0.2, 0.25) is 5.15 Å². The minimum absolute atomic E-state index is 0.349. The van der Waals surface area contributed by atoms with E-state index in [0.717, 1.165) is 16.8 Å². The topological polar surface area (TPSA) is 52.8 Å². The molecule has 0 atom stereocenters. The molecule has 0 saturated heterocycles. The fourth-order valence-corrected chi connectivity index (χ4v) is 1.95. The van der Waals surface area contributed by atoms with Crippen LogP contribution in [0, 0.1) is 0 Å². The van der Waals surface area contributed by atoms with Crippen LogP contribution in [0.5, 0.6) is 5.75 Å². The van der Waals surface area contributed by atoms with Crippen molar-refractivity contribution in [2.24, 2.45) is 0 Å². The zero-order chi connectivity index (χ0) is 13.2. The molecule has 5 nitrogen and oxygen atoms in total. The van der Waals surface area contributed by atoms with Crippen molar-refractivity contribution in [2.45, 2.75) is 6.54 Å².